The van der Waals surface area contributed by atoms with Gasteiger partial charge in [-0.3, -0.25) is 4.90 Å². The molecule has 5 nitrogen and oxygen atoms in total. The van der Waals surface area contributed by atoms with Gasteiger partial charge < -0.3 is 9.84 Å². The van der Waals surface area contributed by atoms with Gasteiger partial charge in [0.05, 0.1) is 13.2 Å². The fourth-order valence-electron chi connectivity index (χ4n) is 1.61. The number of hydrogen-bond acceptors (Lipinski definition) is 3. The molecule has 17 heavy (non-hydrogen) atoms. The van der Waals surface area contributed by atoms with Crippen molar-refractivity contribution in [2.75, 3.05) is 7.11 Å². The minimum Gasteiger partial charge on any atom is -0.478 e. The van der Waals surface area contributed by atoms with Crippen LogP contribution in [0.2, 0.25) is 0 Å². The number of aliphatic carboxylic acids is 1. The summed E-state index contributed by atoms with van der Waals surface area (Å²) in [6.45, 7) is 1.72. The second kappa shape index (κ2) is 5.89. The topological polar surface area (TPSA) is 66.8 Å². The van der Waals surface area contributed by atoms with Crippen molar-refractivity contribution in [2.24, 2.45) is 0 Å². The highest BCUT2D eigenvalue weighted by Crippen LogP contribution is 2.17. The highest BCUT2D eigenvalue weighted by atomic mass is 16.5. The second-order valence-electron chi connectivity index (χ2n) is 3.70. The smallest absolute Gasteiger partial charge is 0.414 e. The molecule has 1 atom stereocenters. The maximum Gasteiger partial charge on any atom is 0.414 e. The maximum absolute atomic E-state index is 11.5. The van der Waals surface area contributed by atoms with Gasteiger partial charge in [0.15, 0.2) is 0 Å². The Morgan fingerprint density at radius 2 is 2.18 bits per heavy atom. The van der Waals surface area contributed by atoms with E-state index in [1.807, 2.05) is 12.2 Å². The summed E-state index contributed by atoms with van der Waals surface area (Å²) in [7, 11) is 1.31. The molecule has 0 fully saturated rings. The van der Waals surface area contributed by atoms with E-state index < -0.39 is 12.1 Å². The Morgan fingerprint density at radius 3 is 2.76 bits per heavy atom. The number of nitrogens with zero attached hydrogens (tertiary/aromatic N) is 1. The fraction of sp³-hybridized carbons (Fsp3) is 0.333. The second-order valence-corrected chi connectivity index (χ2v) is 3.70. The van der Waals surface area contributed by atoms with E-state index in [-0.39, 0.29) is 6.04 Å². The van der Waals surface area contributed by atoms with Crippen LogP contribution in [-0.2, 0) is 9.53 Å². The lowest BCUT2D eigenvalue weighted by molar-refractivity contribution is -0.131. The predicted molar refractivity (Wildman–Crippen MR) is 62.3 cm³/mol. The molecule has 1 aliphatic heterocycles. The quantitative estimate of drug-likeness (QED) is 0.761. The average molecular weight is 237 g/mol. The average Bonchev–Trinajstić information content (AvgIpc) is 2.27. The molecular weight excluding hydrogens is 222 g/mol. The molecule has 0 aromatic carbocycles. The molecule has 5 heteroatoms. The number of hydrogen-bond donors (Lipinski definition) is 1. The third kappa shape index (κ3) is 3.79. The van der Waals surface area contributed by atoms with Crippen molar-refractivity contribution in [3.05, 3.63) is 36.1 Å². The summed E-state index contributed by atoms with van der Waals surface area (Å²) in [5.41, 5.74) is 0.691. The van der Waals surface area contributed by atoms with E-state index in [1.165, 1.54) is 12.0 Å². The number of allylic oxidation sites excluding steroid dienone is 2. The summed E-state index contributed by atoms with van der Waals surface area (Å²) in [6, 6.07) is -0.206. The molecule has 92 valence electrons. The molecule has 0 aromatic heterocycles. The van der Waals surface area contributed by atoms with Gasteiger partial charge in [0.25, 0.3) is 0 Å². The van der Waals surface area contributed by atoms with Crippen molar-refractivity contribution in [3.63, 3.8) is 0 Å². The van der Waals surface area contributed by atoms with Crippen molar-refractivity contribution >= 4 is 12.1 Å². The maximum atomic E-state index is 11.5. The Morgan fingerprint density at radius 1 is 1.47 bits per heavy atom. The zero-order chi connectivity index (χ0) is 12.8. The Balaban J connectivity index is 2.74. The summed E-state index contributed by atoms with van der Waals surface area (Å²) in [6.07, 6.45) is 8.13. The van der Waals surface area contributed by atoms with Gasteiger partial charge in [-0.25, -0.2) is 9.59 Å². The lowest BCUT2D eigenvalue weighted by Crippen LogP contribution is -2.36. The zero-order valence-electron chi connectivity index (χ0n) is 9.79. The number of carbonyl (C=O) groups is 2. The van der Waals surface area contributed by atoms with Crippen molar-refractivity contribution < 1.29 is 19.4 Å². The molecule has 0 aliphatic carbocycles. The van der Waals surface area contributed by atoms with Gasteiger partial charge in [0.2, 0.25) is 0 Å². The van der Waals surface area contributed by atoms with Crippen LogP contribution in [0.5, 0.6) is 0 Å². The summed E-state index contributed by atoms with van der Waals surface area (Å²) in [5, 5.41) is 8.62. The van der Waals surface area contributed by atoms with Crippen molar-refractivity contribution in [1.29, 1.82) is 0 Å². The van der Waals surface area contributed by atoms with Crippen LogP contribution < -0.4 is 0 Å². The SMILES string of the molecule is COC(=O)N1C=CC=CC1C/C(C)=C/C(=O)O. The van der Waals surface area contributed by atoms with Crippen LogP contribution in [0, 0.1) is 0 Å². The summed E-state index contributed by atoms with van der Waals surface area (Å²) in [4.78, 5) is 23.4. The first kappa shape index (κ1) is 13.0. The Kier molecular flexibility index (Phi) is 4.51. The highest BCUT2D eigenvalue weighted by molar-refractivity contribution is 5.80. The minimum atomic E-state index is -0.984. The van der Waals surface area contributed by atoms with Crippen molar-refractivity contribution in [2.45, 2.75) is 19.4 Å². The van der Waals surface area contributed by atoms with E-state index in [1.54, 1.807) is 19.2 Å². The highest BCUT2D eigenvalue weighted by Gasteiger charge is 2.21. The Bertz CT molecular complexity index is 395. The number of rotatable bonds is 3. The molecule has 1 N–H and O–H groups in total. The molecule has 1 heterocycles. The zero-order valence-corrected chi connectivity index (χ0v) is 9.79. The monoisotopic (exact) mass is 237 g/mol. The number of carbonyl (C=O) groups excluding carboxylic acids is 1. The molecule has 1 rings (SSSR count). The molecule has 1 aliphatic rings. The first-order valence-corrected chi connectivity index (χ1v) is 5.16. The van der Waals surface area contributed by atoms with Crippen LogP contribution in [0.25, 0.3) is 0 Å². The standard InChI is InChI=1S/C12H15NO4/c1-9(8-11(14)15)7-10-5-3-4-6-13(10)12(16)17-2/h3-6,8,10H,7H2,1-2H3,(H,14,15)/b9-8+. The lowest BCUT2D eigenvalue weighted by Gasteiger charge is -2.27. The van der Waals surface area contributed by atoms with Gasteiger partial charge in [-0.2, -0.15) is 0 Å². The molecule has 0 saturated heterocycles. The van der Waals surface area contributed by atoms with Gasteiger partial charge in [0, 0.05) is 12.3 Å². The van der Waals surface area contributed by atoms with Crippen LogP contribution in [-0.4, -0.2) is 35.2 Å². The molecule has 0 aromatic rings. The number of amides is 1. The van der Waals surface area contributed by atoms with E-state index in [0.29, 0.717) is 12.0 Å². The van der Waals surface area contributed by atoms with E-state index in [2.05, 4.69) is 4.74 Å². The number of carboxylic acids is 1. The third-order valence-electron chi connectivity index (χ3n) is 2.33. The summed E-state index contributed by atoms with van der Waals surface area (Å²) in [5.74, 6) is -0.984. The van der Waals surface area contributed by atoms with Crippen LogP contribution in [0.4, 0.5) is 4.79 Å². The molecule has 0 radical (unpaired) electrons. The minimum absolute atomic E-state index is 0.206. The van der Waals surface area contributed by atoms with E-state index in [0.717, 1.165) is 6.08 Å². The molecule has 1 amide bonds. The van der Waals surface area contributed by atoms with Crippen LogP contribution in [0.3, 0.4) is 0 Å². The summed E-state index contributed by atoms with van der Waals surface area (Å²) >= 11 is 0. The lowest BCUT2D eigenvalue weighted by atomic mass is 10.0. The largest absolute Gasteiger partial charge is 0.478 e. The van der Waals surface area contributed by atoms with Crippen molar-refractivity contribution in [3.8, 4) is 0 Å². The normalized spacial score (nSPS) is 19.3. The molecular formula is C12H15NO4. The van der Waals surface area contributed by atoms with Crippen LogP contribution in [0.1, 0.15) is 13.3 Å². The first-order valence-electron chi connectivity index (χ1n) is 5.16. The third-order valence-corrected chi connectivity index (χ3v) is 2.33. The predicted octanol–water partition coefficient (Wildman–Crippen LogP) is 1.93. The first-order chi connectivity index (χ1) is 8.04. The van der Waals surface area contributed by atoms with Gasteiger partial charge in [-0.05, 0) is 19.4 Å². The molecule has 0 saturated carbocycles. The van der Waals surface area contributed by atoms with Gasteiger partial charge in [-0.1, -0.05) is 17.7 Å². The fourth-order valence-corrected chi connectivity index (χ4v) is 1.61. The number of methoxy groups -OCH3 is 1. The van der Waals surface area contributed by atoms with Crippen molar-refractivity contribution in [1.82, 2.24) is 4.90 Å². The Hall–Kier alpha value is -2.04. The number of carboxylic acid groups (broad SMARTS) is 1. The number of ether oxygens (including phenoxy) is 1. The van der Waals surface area contributed by atoms with Crippen LogP contribution in [0.15, 0.2) is 36.1 Å². The van der Waals surface area contributed by atoms with Gasteiger partial charge in [0.1, 0.15) is 0 Å². The van der Waals surface area contributed by atoms with E-state index in [9.17, 15) is 9.59 Å². The Labute approximate surface area is 99.7 Å². The van der Waals surface area contributed by atoms with Crippen LogP contribution >= 0.6 is 0 Å². The molecule has 0 spiro atoms. The van der Waals surface area contributed by atoms with Gasteiger partial charge >= 0.3 is 12.1 Å². The van der Waals surface area contributed by atoms with E-state index >= 15 is 0 Å². The van der Waals surface area contributed by atoms with E-state index in [4.69, 9.17) is 5.11 Å². The van der Waals surface area contributed by atoms with Gasteiger partial charge in [-0.15, -0.1) is 0 Å². The molecule has 0 bridgehead atoms. The summed E-state index contributed by atoms with van der Waals surface area (Å²) < 4.78 is 4.65. The molecule has 1 unspecified atom stereocenters.